The van der Waals surface area contributed by atoms with Gasteiger partial charge in [0.15, 0.2) is 24.7 Å². The molecule has 5 aliphatic rings. The van der Waals surface area contributed by atoms with E-state index in [4.69, 9.17) is 42.6 Å². The van der Waals surface area contributed by atoms with Gasteiger partial charge in [0.05, 0.1) is 43.2 Å². The molecule has 0 radical (unpaired) electrons. The quantitative estimate of drug-likeness (QED) is 0.112. The van der Waals surface area contributed by atoms with Gasteiger partial charge in [-0.15, -0.1) is 0 Å². The average molecular weight is 768 g/mol. The first-order valence-corrected chi connectivity index (χ1v) is 21.1. The zero-order valence-electron chi connectivity index (χ0n) is 35.3. The minimum Gasteiger partial charge on any atom is -0.366 e. The number of rotatable bonds is 13. The molecule has 5 aliphatic heterocycles. The predicted molar refractivity (Wildman–Crippen MR) is 203 cm³/mol. The van der Waals surface area contributed by atoms with Crippen molar-refractivity contribution in [3.8, 4) is 0 Å². The third-order valence-electron chi connectivity index (χ3n) is 14.1. The van der Waals surface area contributed by atoms with Crippen molar-refractivity contribution >= 4 is 0 Å². The SMILES string of the molecule is CCC1O[C@H](OC2C(C)[C@H](C)C([C@@H](C)CC)O[C@@H]2O[C@@H]2C(C)[C@@H](O[C@H]3C([C@H]4COCO4)O[C@](C)(O)C[C@H]3C)OC([C@@H](C)CC)[C@H]2C)[C@H](N=[N+]=[N-])C(C)[C@@H]1C. The van der Waals surface area contributed by atoms with E-state index in [0.29, 0.717) is 18.9 Å². The molecule has 0 aliphatic carbocycles. The van der Waals surface area contributed by atoms with Crippen LogP contribution in [0.4, 0.5) is 0 Å². The van der Waals surface area contributed by atoms with Crippen molar-refractivity contribution in [1.29, 1.82) is 0 Å². The highest BCUT2D eigenvalue weighted by molar-refractivity contribution is 4.97. The largest absolute Gasteiger partial charge is 0.366 e. The second-order valence-corrected chi connectivity index (χ2v) is 17.9. The Hall–Kier alpha value is -1.09. The lowest BCUT2D eigenvalue weighted by molar-refractivity contribution is -0.374. The summed E-state index contributed by atoms with van der Waals surface area (Å²) in [6.45, 7) is 28.4. The predicted octanol–water partition coefficient (Wildman–Crippen LogP) is 7.82. The van der Waals surface area contributed by atoms with Crippen molar-refractivity contribution < 1.29 is 47.7 Å². The van der Waals surface area contributed by atoms with E-state index in [1.807, 2.05) is 0 Å². The fraction of sp³-hybridized carbons (Fsp3) is 1.00. The van der Waals surface area contributed by atoms with Crippen molar-refractivity contribution in [3.63, 3.8) is 0 Å². The van der Waals surface area contributed by atoms with Gasteiger partial charge in [0, 0.05) is 23.2 Å². The van der Waals surface area contributed by atoms with Gasteiger partial charge in [-0.05, 0) is 60.3 Å². The minimum absolute atomic E-state index is 0.00564. The number of azide groups is 1. The van der Waals surface area contributed by atoms with Crippen molar-refractivity contribution in [3.05, 3.63) is 10.4 Å². The van der Waals surface area contributed by atoms with Gasteiger partial charge in [-0.3, -0.25) is 0 Å². The van der Waals surface area contributed by atoms with Gasteiger partial charge in [0.25, 0.3) is 0 Å². The summed E-state index contributed by atoms with van der Waals surface area (Å²) >= 11 is 0. The van der Waals surface area contributed by atoms with Crippen LogP contribution in [-0.4, -0.2) is 98.0 Å². The molecule has 0 aromatic heterocycles. The van der Waals surface area contributed by atoms with Crippen LogP contribution in [0.5, 0.6) is 0 Å². The highest BCUT2D eigenvalue weighted by Gasteiger charge is 2.54. The average Bonchev–Trinajstić information content (AvgIpc) is 3.68. The molecule has 0 amide bonds. The highest BCUT2D eigenvalue weighted by Crippen LogP contribution is 2.45. The van der Waals surface area contributed by atoms with E-state index >= 15 is 0 Å². The molecule has 0 bridgehead atoms. The third-order valence-corrected chi connectivity index (χ3v) is 14.1. The maximum atomic E-state index is 11.0. The first-order valence-electron chi connectivity index (χ1n) is 21.1. The Bertz CT molecular complexity index is 1230. The molecule has 8 unspecified atom stereocenters. The maximum absolute atomic E-state index is 11.0. The molecule has 5 heterocycles. The fourth-order valence-electron chi connectivity index (χ4n) is 9.92. The third kappa shape index (κ3) is 9.28. The lowest BCUT2D eigenvalue weighted by Gasteiger charge is -2.53. The van der Waals surface area contributed by atoms with E-state index < -0.39 is 49.0 Å². The van der Waals surface area contributed by atoms with Crippen LogP contribution in [0.1, 0.15) is 116 Å². The van der Waals surface area contributed by atoms with Crippen LogP contribution in [0.3, 0.4) is 0 Å². The minimum atomic E-state index is -1.31. The molecule has 0 saturated carbocycles. The first-order chi connectivity index (χ1) is 25.6. The number of hydrogen-bond acceptors (Lipinski definition) is 11. The van der Waals surface area contributed by atoms with E-state index in [0.717, 1.165) is 19.3 Å². The Kier molecular flexibility index (Phi) is 15.2. The zero-order chi connectivity index (χ0) is 39.6. The Balaban J connectivity index is 1.46. The monoisotopic (exact) mass is 768 g/mol. The standard InChI is InChI=1S/C41H73N3O10/c1-14-20(4)32-25(9)26(10)36(53-39-31(43-44-42)24(8)23(7)29(16-3)48-39)40(50-32)52-35-27(11)33(21(5)15-2)49-38(28(35)12)51-34-22(6)17-41(13,45)54-37(34)30-18-46-19-47-30/h20-40,45H,14-19H2,1-13H3/t20-,21-,22+,23-,24?,25-,26?,27+,28?,29?,30+,31+,32?,33?,34+,35-,36?,37?,38+,39+,40+,41-/m0/s1. The molecular weight excluding hydrogens is 694 g/mol. The second kappa shape index (κ2) is 18.7. The molecule has 13 nitrogen and oxygen atoms in total. The molecule has 54 heavy (non-hydrogen) atoms. The van der Waals surface area contributed by atoms with E-state index in [1.165, 1.54) is 0 Å². The Labute approximate surface area is 324 Å². The van der Waals surface area contributed by atoms with E-state index in [-0.39, 0.29) is 84.7 Å². The van der Waals surface area contributed by atoms with Gasteiger partial charge in [-0.2, -0.15) is 0 Å². The van der Waals surface area contributed by atoms with Gasteiger partial charge in [0.2, 0.25) is 0 Å². The normalized spacial score (nSPS) is 49.9. The lowest BCUT2D eigenvalue weighted by Crippen LogP contribution is -2.62. The summed E-state index contributed by atoms with van der Waals surface area (Å²) in [4.78, 5) is 3.22. The smallest absolute Gasteiger partial charge is 0.184 e. The van der Waals surface area contributed by atoms with Gasteiger partial charge < -0.3 is 47.7 Å². The summed E-state index contributed by atoms with van der Waals surface area (Å²) in [6.07, 6.45) is -1.27. The molecular formula is C41H73N3O10. The molecule has 0 aromatic carbocycles. The summed E-state index contributed by atoms with van der Waals surface area (Å²) in [5, 5.41) is 15.3. The van der Waals surface area contributed by atoms with Crippen LogP contribution in [0.25, 0.3) is 10.4 Å². The summed E-state index contributed by atoms with van der Waals surface area (Å²) in [5.41, 5.74) is 9.61. The second-order valence-electron chi connectivity index (χ2n) is 17.9. The number of hydrogen-bond donors (Lipinski definition) is 1. The summed E-state index contributed by atoms with van der Waals surface area (Å²) < 4.78 is 59.6. The number of nitrogens with zero attached hydrogens (tertiary/aromatic N) is 3. The summed E-state index contributed by atoms with van der Waals surface area (Å²) in [6, 6.07) is -0.487. The summed E-state index contributed by atoms with van der Waals surface area (Å²) in [7, 11) is 0. The molecule has 0 spiro atoms. The fourth-order valence-corrected chi connectivity index (χ4v) is 9.92. The lowest BCUT2D eigenvalue weighted by atomic mass is 9.77. The van der Waals surface area contributed by atoms with Crippen molar-refractivity contribution in [2.75, 3.05) is 13.4 Å². The first kappa shape index (κ1) is 44.0. The number of ether oxygens (including phenoxy) is 9. The topological polar surface area (TPSA) is 152 Å². The van der Waals surface area contributed by atoms with Gasteiger partial charge >= 0.3 is 0 Å². The molecule has 22 atom stereocenters. The van der Waals surface area contributed by atoms with E-state index in [1.54, 1.807) is 6.92 Å². The summed E-state index contributed by atoms with van der Waals surface area (Å²) in [5.74, 6) is -0.509. The molecule has 312 valence electrons. The number of aliphatic hydroxyl groups is 1. The van der Waals surface area contributed by atoms with Crippen LogP contribution in [0, 0.1) is 53.3 Å². The Morgan fingerprint density at radius 3 is 1.96 bits per heavy atom. The van der Waals surface area contributed by atoms with Crippen molar-refractivity contribution in [2.24, 2.45) is 58.4 Å². The van der Waals surface area contributed by atoms with E-state index in [2.05, 4.69) is 93.1 Å². The molecule has 0 aromatic rings. The van der Waals surface area contributed by atoms with Crippen molar-refractivity contribution in [1.82, 2.24) is 0 Å². The van der Waals surface area contributed by atoms with Gasteiger partial charge in [0.1, 0.15) is 25.1 Å². The molecule has 13 heteroatoms. The van der Waals surface area contributed by atoms with Crippen LogP contribution >= 0.6 is 0 Å². The molecule has 5 rings (SSSR count). The van der Waals surface area contributed by atoms with Crippen LogP contribution < -0.4 is 0 Å². The van der Waals surface area contributed by atoms with Gasteiger partial charge in [-0.25, -0.2) is 0 Å². The molecule has 1 N–H and O–H groups in total. The Morgan fingerprint density at radius 1 is 0.759 bits per heavy atom. The van der Waals surface area contributed by atoms with Gasteiger partial charge in [-0.1, -0.05) is 101 Å². The molecule has 5 saturated heterocycles. The Morgan fingerprint density at radius 2 is 1.37 bits per heavy atom. The van der Waals surface area contributed by atoms with Crippen molar-refractivity contribution in [2.45, 2.75) is 195 Å². The van der Waals surface area contributed by atoms with Crippen LogP contribution in [-0.2, 0) is 42.6 Å². The maximum Gasteiger partial charge on any atom is 0.184 e. The van der Waals surface area contributed by atoms with Crippen LogP contribution in [0.2, 0.25) is 0 Å². The molecule has 5 fully saturated rings. The van der Waals surface area contributed by atoms with E-state index in [9.17, 15) is 10.6 Å². The zero-order valence-corrected chi connectivity index (χ0v) is 35.3. The van der Waals surface area contributed by atoms with Crippen LogP contribution in [0.15, 0.2) is 5.11 Å². The highest BCUT2D eigenvalue weighted by atomic mass is 16.8.